The Kier molecular flexibility index (Phi) is 3.68. The molecule has 0 radical (unpaired) electrons. The maximum Gasteiger partial charge on any atom is 0.330 e. The molecule has 1 aromatic carbocycles. The minimum atomic E-state index is -0.546. The van der Waals surface area contributed by atoms with Gasteiger partial charge in [-0.1, -0.05) is 11.6 Å². The summed E-state index contributed by atoms with van der Waals surface area (Å²) in [6, 6.07) is 2.28. The summed E-state index contributed by atoms with van der Waals surface area (Å²) < 4.78 is 17.3. The van der Waals surface area contributed by atoms with Crippen molar-refractivity contribution < 1.29 is 13.9 Å². The van der Waals surface area contributed by atoms with E-state index in [4.69, 9.17) is 17.3 Å². The van der Waals surface area contributed by atoms with Gasteiger partial charge in [0.1, 0.15) is 5.82 Å². The normalized spacial score (nSPS) is 10.6. The van der Waals surface area contributed by atoms with Crippen LogP contribution in [0, 0.1) is 5.82 Å². The van der Waals surface area contributed by atoms with Crippen LogP contribution in [0.15, 0.2) is 18.2 Å². The summed E-state index contributed by atoms with van der Waals surface area (Å²) in [6.07, 6.45) is 2.48. The first-order chi connectivity index (χ1) is 7.04. The number of methoxy groups -OCH3 is 1. The molecule has 0 fully saturated rings. The summed E-state index contributed by atoms with van der Waals surface area (Å²) in [7, 11) is 1.24. The fraction of sp³-hybridized carbons (Fsp3) is 0.100. The number of anilines is 1. The van der Waals surface area contributed by atoms with Crippen LogP contribution in [0.2, 0.25) is 5.02 Å². The Balaban J connectivity index is 3.04. The topological polar surface area (TPSA) is 52.3 Å². The summed E-state index contributed by atoms with van der Waals surface area (Å²) in [4.78, 5) is 10.8. The van der Waals surface area contributed by atoms with Crippen LogP contribution in [0.5, 0.6) is 0 Å². The Labute approximate surface area is 91.3 Å². The third-order valence-electron chi connectivity index (χ3n) is 1.73. The van der Waals surface area contributed by atoms with E-state index in [2.05, 4.69) is 4.74 Å². The first-order valence-corrected chi connectivity index (χ1v) is 4.43. The molecule has 0 aliphatic carbocycles. The van der Waals surface area contributed by atoms with Gasteiger partial charge in [0.05, 0.1) is 17.8 Å². The van der Waals surface area contributed by atoms with Gasteiger partial charge < -0.3 is 10.5 Å². The molecular formula is C10H9ClFNO2. The first-order valence-electron chi connectivity index (χ1n) is 4.05. The molecule has 0 unspecified atom stereocenters. The third kappa shape index (κ3) is 2.95. The molecule has 15 heavy (non-hydrogen) atoms. The van der Waals surface area contributed by atoms with Gasteiger partial charge in [-0.3, -0.25) is 0 Å². The molecule has 1 aromatic rings. The SMILES string of the molecule is COC(=O)C=Cc1cc(F)cc(Cl)c1N. The third-order valence-corrected chi connectivity index (χ3v) is 2.04. The number of nitrogen functional groups attached to an aromatic ring is 1. The highest BCUT2D eigenvalue weighted by atomic mass is 35.5. The van der Waals surface area contributed by atoms with Gasteiger partial charge >= 0.3 is 5.97 Å². The van der Waals surface area contributed by atoms with Crippen LogP contribution in [-0.2, 0) is 9.53 Å². The number of hydrogen-bond acceptors (Lipinski definition) is 3. The Morgan fingerprint density at radius 2 is 2.27 bits per heavy atom. The lowest BCUT2D eigenvalue weighted by Gasteiger charge is -2.02. The highest BCUT2D eigenvalue weighted by Gasteiger charge is 2.04. The van der Waals surface area contributed by atoms with Crippen molar-refractivity contribution in [3.05, 3.63) is 34.6 Å². The van der Waals surface area contributed by atoms with E-state index < -0.39 is 11.8 Å². The number of benzene rings is 1. The van der Waals surface area contributed by atoms with Crippen molar-refractivity contribution >= 4 is 29.3 Å². The van der Waals surface area contributed by atoms with E-state index in [1.165, 1.54) is 19.3 Å². The molecule has 0 heterocycles. The zero-order chi connectivity index (χ0) is 11.4. The van der Waals surface area contributed by atoms with Crippen LogP contribution in [-0.4, -0.2) is 13.1 Å². The molecule has 80 valence electrons. The minimum absolute atomic E-state index is 0.111. The number of rotatable bonds is 2. The predicted octanol–water partition coefficient (Wildman–Crippen LogP) is 2.25. The molecule has 3 nitrogen and oxygen atoms in total. The molecule has 2 N–H and O–H groups in total. The van der Waals surface area contributed by atoms with Gasteiger partial charge in [0, 0.05) is 11.6 Å². The van der Waals surface area contributed by atoms with E-state index in [0.29, 0.717) is 5.56 Å². The number of carbonyl (C=O) groups is 1. The minimum Gasteiger partial charge on any atom is -0.466 e. The molecule has 0 atom stereocenters. The van der Waals surface area contributed by atoms with E-state index in [0.717, 1.165) is 12.1 Å². The van der Waals surface area contributed by atoms with Gasteiger partial charge in [-0.25, -0.2) is 9.18 Å². The maximum absolute atomic E-state index is 12.9. The fourth-order valence-corrected chi connectivity index (χ4v) is 1.18. The molecule has 0 bridgehead atoms. The van der Waals surface area contributed by atoms with Gasteiger partial charge in [0.15, 0.2) is 0 Å². The fourth-order valence-electron chi connectivity index (χ4n) is 0.968. The van der Waals surface area contributed by atoms with E-state index in [-0.39, 0.29) is 10.7 Å². The van der Waals surface area contributed by atoms with Crippen molar-refractivity contribution in [2.45, 2.75) is 0 Å². The summed E-state index contributed by atoms with van der Waals surface area (Å²) >= 11 is 5.65. The van der Waals surface area contributed by atoms with Crippen LogP contribution in [0.25, 0.3) is 6.08 Å². The zero-order valence-corrected chi connectivity index (χ0v) is 8.72. The zero-order valence-electron chi connectivity index (χ0n) is 7.96. The maximum atomic E-state index is 12.9. The summed E-state index contributed by atoms with van der Waals surface area (Å²) in [5, 5.41) is 0.111. The van der Waals surface area contributed by atoms with Crippen molar-refractivity contribution in [3.63, 3.8) is 0 Å². The Morgan fingerprint density at radius 3 is 2.87 bits per heavy atom. The van der Waals surface area contributed by atoms with Gasteiger partial charge in [0.25, 0.3) is 0 Å². The van der Waals surface area contributed by atoms with E-state index in [1.807, 2.05) is 0 Å². The first kappa shape index (κ1) is 11.5. The average Bonchev–Trinajstić information content (AvgIpc) is 2.20. The largest absolute Gasteiger partial charge is 0.466 e. The molecule has 0 aliphatic rings. The number of esters is 1. The highest BCUT2D eigenvalue weighted by molar-refractivity contribution is 6.33. The molecule has 1 rings (SSSR count). The average molecular weight is 230 g/mol. The van der Waals surface area contributed by atoms with Crippen LogP contribution in [0.3, 0.4) is 0 Å². The number of carbonyl (C=O) groups excluding carboxylic acids is 1. The molecule has 0 spiro atoms. The Bertz CT molecular complexity index is 418. The lowest BCUT2D eigenvalue weighted by atomic mass is 10.1. The summed E-state index contributed by atoms with van der Waals surface area (Å²) in [5.41, 5.74) is 6.14. The molecule has 0 amide bonds. The van der Waals surface area contributed by atoms with Crippen molar-refractivity contribution in [1.82, 2.24) is 0 Å². The van der Waals surface area contributed by atoms with Gasteiger partial charge in [-0.05, 0) is 18.2 Å². The van der Waals surface area contributed by atoms with Crippen LogP contribution < -0.4 is 5.73 Å². The van der Waals surface area contributed by atoms with Crippen LogP contribution in [0.1, 0.15) is 5.56 Å². The lowest BCUT2D eigenvalue weighted by Crippen LogP contribution is -1.95. The number of halogens is 2. The van der Waals surface area contributed by atoms with E-state index in [9.17, 15) is 9.18 Å². The Hall–Kier alpha value is -1.55. The second-order valence-electron chi connectivity index (χ2n) is 2.75. The lowest BCUT2D eigenvalue weighted by molar-refractivity contribution is -0.134. The number of nitrogens with two attached hydrogens (primary N) is 1. The summed E-state index contributed by atoms with van der Waals surface area (Å²) in [6.45, 7) is 0. The molecule has 5 heteroatoms. The van der Waals surface area contributed by atoms with Gasteiger partial charge in [0.2, 0.25) is 0 Å². The van der Waals surface area contributed by atoms with Crippen molar-refractivity contribution in [2.75, 3.05) is 12.8 Å². The smallest absolute Gasteiger partial charge is 0.330 e. The standard InChI is InChI=1S/C10H9ClFNO2/c1-15-9(14)3-2-6-4-7(12)5-8(11)10(6)13/h2-5H,13H2,1H3. The van der Waals surface area contributed by atoms with Gasteiger partial charge in [-0.2, -0.15) is 0 Å². The van der Waals surface area contributed by atoms with Crippen molar-refractivity contribution in [1.29, 1.82) is 0 Å². The molecule has 0 saturated carbocycles. The number of hydrogen-bond donors (Lipinski definition) is 1. The van der Waals surface area contributed by atoms with Crippen LogP contribution >= 0.6 is 11.6 Å². The quantitative estimate of drug-likeness (QED) is 0.481. The molecule has 0 aromatic heterocycles. The molecule has 0 saturated heterocycles. The summed E-state index contributed by atoms with van der Waals surface area (Å²) in [5.74, 6) is -1.06. The van der Waals surface area contributed by atoms with Crippen LogP contribution in [0.4, 0.5) is 10.1 Å². The molecular weight excluding hydrogens is 221 g/mol. The highest BCUT2D eigenvalue weighted by Crippen LogP contribution is 2.25. The van der Waals surface area contributed by atoms with E-state index in [1.54, 1.807) is 0 Å². The van der Waals surface area contributed by atoms with Crippen molar-refractivity contribution in [3.8, 4) is 0 Å². The predicted molar refractivity (Wildman–Crippen MR) is 56.9 cm³/mol. The second kappa shape index (κ2) is 4.79. The van der Waals surface area contributed by atoms with E-state index >= 15 is 0 Å². The monoisotopic (exact) mass is 229 g/mol. The molecule has 0 aliphatic heterocycles. The van der Waals surface area contributed by atoms with Gasteiger partial charge in [-0.15, -0.1) is 0 Å². The Morgan fingerprint density at radius 1 is 1.60 bits per heavy atom. The second-order valence-corrected chi connectivity index (χ2v) is 3.15. The number of ether oxygens (including phenoxy) is 1. The van der Waals surface area contributed by atoms with Crippen molar-refractivity contribution in [2.24, 2.45) is 0 Å².